The molecule has 0 spiro atoms. The lowest BCUT2D eigenvalue weighted by Gasteiger charge is -2.06. The van der Waals surface area contributed by atoms with Gasteiger partial charge in [0.05, 0.1) is 22.8 Å². The molecule has 7 heteroatoms. The summed E-state index contributed by atoms with van der Waals surface area (Å²) in [4.78, 5) is 29.5. The Bertz CT molecular complexity index is 1330. The van der Waals surface area contributed by atoms with Crippen LogP contribution in [0.2, 0.25) is 0 Å². The smallest absolute Gasteiger partial charge is 0.280 e. The number of H-pyrrole nitrogens is 1. The van der Waals surface area contributed by atoms with Gasteiger partial charge in [0, 0.05) is 18.9 Å². The fourth-order valence-corrected chi connectivity index (χ4v) is 3.30. The van der Waals surface area contributed by atoms with E-state index in [-0.39, 0.29) is 11.5 Å². The minimum Gasteiger partial charge on any atom is -0.348 e. The van der Waals surface area contributed by atoms with E-state index in [1.54, 1.807) is 36.5 Å². The molecule has 0 radical (unpaired) electrons. The van der Waals surface area contributed by atoms with Gasteiger partial charge >= 0.3 is 0 Å². The Morgan fingerprint density at radius 2 is 1.94 bits per heavy atom. The fraction of sp³-hybridized carbons (Fsp3) is 0.0833. The van der Waals surface area contributed by atoms with Gasteiger partial charge < -0.3 is 5.32 Å². The van der Waals surface area contributed by atoms with Gasteiger partial charge in [-0.25, -0.2) is 9.67 Å². The number of carbonyl (C=O) groups is 1. The summed E-state index contributed by atoms with van der Waals surface area (Å²) in [6.45, 7) is 2.28. The van der Waals surface area contributed by atoms with Crippen LogP contribution in [0, 0.1) is 18.3 Å². The molecule has 0 saturated heterocycles. The molecule has 7 nitrogen and oxygen atoms in total. The van der Waals surface area contributed by atoms with Crippen LogP contribution in [-0.4, -0.2) is 20.7 Å². The molecule has 0 aliphatic heterocycles. The zero-order chi connectivity index (χ0) is 21.8. The quantitative estimate of drug-likeness (QED) is 0.528. The van der Waals surface area contributed by atoms with Crippen LogP contribution in [0.25, 0.3) is 16.9 Å². The van der Waals surface area contributed by atoms with Crippen molar-refractivity contribution in [2.45, 2.75) is 13.5 Å². The van der Waals surface area contributed by atoms with E-state index in [9.17, 15) is 9.59 Å². The Balaban J connectivity index is 1.53. The summed E-state index contributed by atoms with van der Waals surface area (Å²) in [7, 11) is 0. The summed E-state index contributed by atoms with van der Waals surface area (Å²) >= 11 is 0. The topological polar surface area (TPSA) is 104 Å². The molecule has 4 aromatic rings. The molecule has 152 valence electrons. The fourth-order valence-electron chi connectivity index (χ4n) is 3.30. The van der Waals surface area contributed by atoms with Crippen LogP contribution < -0.4 is 10.9 Å². The standard InChI is InChI=1S/C24H19N5O2/c1-16-11-18(12-25)7-9-20(16)21-15-28-29(24(21)31)22-10-8-19(14-26-22)23(30)27-13-17-5-3-2-4-6-17/h2-11,14-15,28H,13H2,1H3,(H,27,30). The number of hydrogen-bond acceptors (Lipinski definition) is 4. The van der Waals surface area contributed by atoms with Crippen LogP contribution in [0.3, 0.4) is 0 Å². The Hall–Kier alpha value is -4.44. The molecule has 2 aromatic carbocycles. The highest BCUT2D eigenvalue weighted by atomic mass is 16.1. The number of nitriles is 1. The number of hydrogen-bond donors (Lipinski definition) is 2. The van der Waals surface area contributed by atoms with Gasteiger partial charge in [0.1, 0.15) is 0 Å². The number of aryl methyl sites for hydroxylation is 1. The minimum absolute atomic E-state index is 0.240. The molecule has 4 rings (SSSR count). The van der Waals surface area contributed by atoms with Crippen molar-refractivity contribution >= 4 is 5.91 Å². The number of pyridine rings is 1. The molecule has 0 unspecified atom stereocenters. The number of rotatable bonds is 5. The van der Waals surface area contributed by atoms with Crippen LogP contribution in [0.5, 0.6) is 0 Å². The van der Waals surface area contributed by atoms with Gasteiger partial charge in [0.25, 0.3) is 11.5 Å². The van der Waals surface area contributed by atoms with E-state index in [1.807, 2.05) is 37.3 Å². The van der Waals surface area contributed by atoms with E-state index in [2.05, 4.69) is 21.5 Å². The second-order valence-electron chi connectivity index (χ2n) is 7.04. The van der Waals surface area contributed by atoms with Crippen molar-refractivity contribution in [1.29, 1.82) is 5.26 Å². The number of amides is 1. The van der Waals surface area contributed by atoms with E-state index in [0.717, 1.165) is 16.7 Å². The predicted octanol–water partition coefficient (Wildman–Crippen LogP) is 3.34. The molecule has 0 aliphatic carbocycles. The Morgan fingerprint density at radius 1 is 1.13 bits per heavy atom. The zero-order valence-corrected chi connectivity index (χ0v) is 16.8. The monoisotopic (exact) mass is 409 g/mol. The maximum absolute atomic E-state index is 12.9. The highest BCUT2D eigenvalue weighted by Gasteiger charge is 2.14. The van der Waals surface area contributed by atoms with Gasteiger partial charge in [-0.2, -0.15) is 5.26 Å². The van der Waals surface area contributed by atoms with Crippen LogP contribution in [0.15, 0.2) is 77.9 Å². The molecule has 0 bridgehead atoms. The predicted molar refractivity (Wildman–Crippen MR) is 117 cm³/mol. The van der Waals surface area contributed by atoms with Gasteiger partial charge in [0.15, 0.2) is 5.82 Å². The number of benzene rings is 2. The number of carbonyl (C=O) groups excluding carboxylic acids is 1. The molecule has 2 aromatic heterocycles. The molecular formula is C24H19N5O2. The number of aromatic amines is 1. The highest BCUT2D eigenvalue weighted by molar-refractivity contribution is 5.93. The normalized spacial score (nSPS) is 10.5. The molecule has 0 atom stereocenters. The first-order chi connectivity index (χ1) is 15.1. The third-order valence-electron chi connectivity index (χ3n) is 4.95. The van der Waals surface area contributed by atoms with Gasteiger partial charge in [-0.05, 0) is 47.9 Å². The van der Waals surface area contributed by atoms with E-state index in [0.29, 0.717) is 29.1 Å². The molecule has 0 saturated carbocycles. The lowest BCUT2D eigenvalue weighted by atomic mass is 10.0. The molecule has 0 aliphatic rings. The minimum atomic E-state index is -0.262. The lowest BCUT2D eigenvalue weighted by molar-refractivity contribution is 0.0950. The third kappa shape index (κ3) is 4.14. The Morgan fingerprint density at radius 3 is 2.61 bits per heavy atom. The van der Waals surface area contributed by atoms with Crippen molar-refractivity contribution in [3.8, 4) is 23.0 Å². The first-order valence-corrected chi connectivity index (χ1v) is 9.67. The second kappa shape index (κ2) is 8.51. The van der Waals surface area contributed by atoms with Gasteiger partial charge in [0.2, 0.25) is 0 Å². The van der Waals surface area contributed by atoms with E-state index >= 15 is 0 Å². The summed E-state index contributed by atoms with van der Waals surface area (Å²) in [6.07, 6.45) is 3.05. The molecule has 0 fully saturated rings. The van der Waals surface area contributed by atoms with Gasteiger partial charge in [-0.3, -0.25) is 14.7 Å². The molecule has 2 N–H and O–H groups in total. The van der Waals surface area contributed by atoms with Crippen molar-refractivity contribution in [1.82, 2.24) is 20.1 Å². The summed E-state index contributed by atoms with van der Waals surface area (Å²) in [5, 5.41) is 14.8. The summed E-state index contributed by atoms with van der Waals surface area (Å²) in [5.41, 5.74) is 3.75. The van der Waals surface area contributed by atoms with Crippen molar-refractivity contribution in [2.75, 3.05) is 0 Å². The molecule has 2 heterocycles. The summed E-state index contributed by atoms with van der Waals surface area (Å²) < 4.78 is 1.32. The van der Waals surface area contributed by atoms with Crippen molar-refractivity contribution in [2.24, 2.45) is 0 Å². The van der Waals surface area contributed by atoms with Crippen molar-refractivity contribution < 1.29 is 4.79 Å². The number of nitrogens with one attached hydrogen (secondary N) is 2. The SMILES string of the molecule is Cc1cc(C#N)ccc1-c1c[nH]n(-c2ccc(C(=O)NCc3ccccc3)cn2)c1=O. The number of aromatic nitrogens is 3. The van der Waals surface area contributed by atoms with Gasteiger partial charge in [-0.15, -0.1) is 0 Å². The zero-order valence-electron chi connectivity index (χ0n) is 16.8. The van der Waals surface area contributed by atoms with Gasteiger partial charge in [-0.1, -0.05) is 36.4 Å². The molecule has 31 heavy (non-hydrogen) atoms. The lowest BCUT2D eigenvalue weighted by Crippen LogP contribution is -2.23. The largest absolute Gasteiger partial charge is 0.348 e. The summed E-state index contributed by atoms with van der Waals surface area (Å²) in [6, 6.07) is 20.1. The summed E-state index contributed by atoms with van der Waals surface area (Å²) in [5.74, 6) is 0.137. The first-order valence-electron chi connectivity index (χ1n) is 9.67. The number of nitrogens with zero attached hydrogens (tertiary/aromatic N) is 3. The average molecular weight is 409 g/mol. The van der Waals surface area contributed by atoms with E-state index in [1.165, 1.54) is 10.9 Å². The maximum Gasteiger partial charge on any atom is 0.280 e. The van der Waals surface area contributed by atoms with Crippen LogP contribution >= 0.6 is 0 Å². The third-order valence-corrected chi connectivity index (χ3v) is 4.95. The maximum atomic E-state index is 12.9. The van der Waals surface area contributed by atoms with Crippen LogP contribution in [0.4, 0.5) is 0 Å². The average Bonchev–Trinajstić information content (AvgIpc) is 3.19. The van der Waals surface area contributed by atoms with Crippen LogP contribution in [0.1, 0.15) is 27.0 Å². The van der Waals surface area contributed by atoms with Crippen LogP contribution in [-0.2, 0) is 6.54 Å². The molecule has 1 amide bonds. The first kappa shape index (κ1) is 19.9. The molecular weight excluding hydrogens is 390 g/mol. The van der Waals surface area contributed by atoms with Crippen molar-refractivity contribution in [3.05, 3.63) is 106 Å². The van der Waals surface area contributed by atoms with E-state index in [4.69, 9.17) is 5.26 Å². The van der Waals surface area contributed by atoms with Crippen molar-refractivity contribution in [3.63, 3.8) is 0 Å². The Kier molecular flexibility index (Phi) is 5.45. The second-order valence-corrected chi connectivity index (χ2v) is 7.04. The Labute approximate surface area is 178 Å². The highest BCUT2D eigenvalue weighted by Crippen LogP contribution is 2.21. The van der Waals surface area contributed by atoms with E-state index < -0.39 is 0 Å².